The van der Waals surface area contributed by atoms with E-state index < -0.39 is 11.6 Å². The first-order chi connectivity index (χ1) is 8.22. The molecule has 0 aromatic heterocycles. The first kappa shape index (κ1) is 12.5. The first-order valence-electron chi connectivity index (χ1n) is 6.38. The molecule has 1 fully saturated rings. The summed E-state index contributed by atoms with van der Waals surface area (Å²) in [4.78, 5) is 0. The molecule has 0 heterocycles. The molecule has 94 valence electrons. The predicted octanol–water partition coefficient (Wildman–Crippen LogP) is 3.29. The Labute approximate surface area is 101 Å². The number of hydrogen-bond donors (Lipinski definition) is 1. The number of nitrogens with one attached hydrogen (secondary N) is 1. The zero-order valence-corrected chi connectivity index (χ0v) is 10.2. The Morgan fingerprint density at radius 2 is 1.94 bits per heavy atom. The largest absolute Gasteiger partial charge is 0.314 e. The van der Waals surface area contributed by atoms with Crippen molar-refractivity contribution in [2.45, 2.75) is 38.6 Å². The van der Waals surface area contributed by atoms with Gasteiger partial charge in [-0.2, -0.15) is 0 Å². The van der Waals surface area contributed by atoms with Crippen molar-refractivity contribution in [2.75, 3.05) is 6.54 Å². The SMILES string of the molecule is CCNC(CCc1c(F)cccc1F)C1CC1. The van der Waals surface area contributed by atoms with E-state index in [2.05, 4.69) is 12.2 Å². The van der Waals surface area contributed by atoms with Crippen molar-refractivity contribution in [1.82, 2.24) is 5.32 Å². The van der Waals surface area contributed by atoms with Gasteiger partial charge in [-0.1, -0.05) is 13.0 Å². The fraction of sp³-hybridized carbons (Fsp3) is 0.571. The molecule has 1 saturated carbocycles. The van der Waals surface area contributed by atoms with Gasteiger partial charge in [0.15, 0.2) is 0 Å². The van der Waals surface area contributed by atoms with Crippen molar-refractivity contribution in [3.05, 3.63) is 35.4 Å². The second-order valence-corrected chi connectivity index (χ2v) is 4.74. The van der Waals surface area contributed by atoms with Crippen LogP contribution in [0.15, 0.2) is 18.2 Å². The topological polar surface area (TPSA) is 12.0 Å². The van der Waals surface area contributed by atoms with E-state index in [9.17, 15) is 8.78 Å². The van der Waals surface area contributed by atoms with Gasteiger partial charge >= 0.3 is 0 Å². The van der Waals surface area contributed by atoms with E-state index in [0.717, 1.165) is 13.0 Å². The van der Waals surface area contributed by atoms with Gasteiger partial charge in [0.05, 0.1) is 0 Å². The van der Waals surface area contributed by atoms with E-state index in [0.29, 0.717) is 18.4 Å². The lowest BCUT2D eigenvalue weighted by Gasteiger charge is -2.17. The smallest absolute Gasteiger partial charge is 0.129 e. The second-order valence-electron chi connectivity index (χ2n) is 4.74. The van der Waals surface area contributed by atoms with Crippen LogP contribution in [-0.2, 0) is 6.42 Å². The Bertz CT molecular complexity index is 354. The minimum atomic E-state index is -0.420. The van der Waals surface area contributed by atoms with Crippen molar-refractivity contribution in [3.63, 3.8) is 0 Å². The summed E-state index contributed by atoms with van der Waals surface area (Å²) in [6.07, 6.45) is 3.79. The highest BCUT2D eigenvalue weighted by molar-refractivity contribution is 5.20. The van der Waals surface area contributed by atoms with Crippen LogP contribution in [0.2, 0.25) is 0 Å². The minimum Gasteiger partial charge on any atom is -0.314 e. The molecule has 2 rings (SSSR count). The summed E-state index contributed by atoms with van der Waals surface area (Å²) in [5.41, 5.74) is 0.232. The standard InChI is InChI=1S/C14H19F2N/c1-2-17-14(10-6-7-10)9-8-11-12(15)4-3-5-13(11)16/h3-5,10,14,17H,2,6-9H2,1H3. The van der Waals surface area contributed by atoms with Crippen LogP contribution in [0, 0.1) is 17.6 Å². The van der Waals surface area contributed by atoms with Gasteiger partial charge in [0.1, 0.15) is 11.6 Å². The van der Waals surface area contributed by atoms with Crippen molar-refractivity contribution < 1.29 is 8.78 Å². The fourth-order valence-electron chi connectivity index (χ4n) is 2.34. The average Bonchev–Trinajstić information content (AvgIpc) is 3.10. The molecule has 1 aromatic carbocycles. The molecule has 17 heavy (non-hydrogen) atoms. The van der Waals surface area contributed by atoms with Crippen LogP contribution in [0.25, 0.3) is 0 Å². The number of rotatable bonds is 6. The van der Waals surface area contributed by atoms with Crippen LogP contribution in [0.5, 0.6) is 0 Å². The third-order valence-electron chi connectivity index (χ3n) is 3.42. The molecule has 0 saturated heterocycles. The van der Waals surface area contributed by atoms with E-state index in [-0.39, 0.29) is 5.56 Å². The first-order valence-corrected chi connectivity index (χ1v) is 6.38. The number of halogens is 2. The summed E-state index contributed by atoms with van der Waals surface area (Å²) in [6, 6.07) is 4.49. The fourth-order valence-corrected chi connectivity index (χ4v) is 2.34. The van der Waals surface area contributed by atoms with Gasteiger partial charge in [-0.05, 0) is 50.3 Å². The van der Waals surface area contributed by atoms with E-state index in [1.807, 2.05) is 0 Å². The second kappa shape index (κ2) is 5.58. The molecule has 0 bridgehead atoms. The van der Waals surface area contributed by atoms with E-state index in [1.54, 1.807) is 0 Å². The molecule has 1 unspecified atom stereocenters. The maximum Gasteiger partial charge on any atom is 0.129 e. The molecule has 0 spiro atoms. The van der Waals surface area contributed by atoms with Gasteiger partial charge < -0.3 is 5.32 Å². The van der Waals surface area contributed by atoms with Gasteiger partial charge in [0, 0.05) is 11.6 Å². The third-order valence-corrected chi connectivity index (χ3v) is 3.42. The molecule has 1 aliphatic carbocycles. The maximum absolute atomic E-state index is 13.4. The molecule has 1 nitrogen and oxygen atoms in total. The van der Waals surface area contributed by atoms with Crippen LogP contribution in [0.4, 0.5) is 8.78 Å². The molecular formula is C14H19F2N. The van der Waals surface area contributed by atoms with Crippen LogP contribution in [-0.4, -0.2) is 12.6 Å². The Morgan fingerprint density at radius 3 is 2.47 bits per heavy atom. The van der Waals surface area contributed by atoms with Crippen molar-refractivity contribution in [3.8, 4) is 0 Å². The number of benzene rings is 1. The van der Waals surface area contributed by atoms with Gasteiger partial charge in [-0.15, -0.1) is 0 Å². The molecule has 1 N–H and O–H groups in total. The number of hydrogen-bond acceptors (Lipinski definition) is 1. The summed E-state index contributed by atoms with van der Waals surface area (Å²) in [5, 5.41) is 3.41. The highest BCUT2D eigenvalue weighted by Crippen LogP contribution is 2.34. The molecule has 1 aliphatic rings. The van der Waals surface area contributed by atoms with Gasteiger partial charge in [0.2, 0.25) is 0 Å². The minimum absolute atomic E-state index is 0.232. The zero-order chi connectivity index (χ0) is 12.3. The summed E-state index contributed by atoms with van der Waals surface area (Å²) in [7, 11) is 0. The normalized spacial score (nSPS) is 17.1. The highest BCUT2D eigenvalue weighted by Gasteiger charge is 2.30. The molecule has 0 radical (unpaired) electrons. The van der Waals surface area contributed by atoms with E-state index >= 15 is 0 Å². The van der Waals surface area contributed by atoms with E-state index in [4.69, 9.17) is 0 Å². The van der Waals surface area contributed by atoms with Crippen molar-refractivity contribution in [2.24, 2.45) is 5.92 Å². The molecule has 0 amide bonds. The van der Waals surface area contributed by atoms with E-state index in [1.165, 1.54) is 31.0 Å². The molecule has 1 aromatic rings. The Morgan fingerprint density at radius 1 is 1.29 bits per heavy atom. The lowest BCUT2D eigenvalue weighted by molar-refractivity contribution is 0.437. The van der Waals surface area contributed by atoms with Gasteiger partial charge in [0.25, 0.3) is 0 Å². The van der Waals surface area contributed by atoms with Crippen LogP contribution in [0.3, 0.4) is 0 Å². The van der Waals surface area contributed by atoms with Crippen LogP contribution < -0.4 is 5.32 Å². The zero-order valence-electron chi connectivity index (χ0n) is 10.2. The highest BCUT2D eigenvalue weighted by atomic mass is 19.1. The maximum atomic E-state index is 13.4. The van der Waals surface area contributed by atoms with Crippen molar-refractivity contribution in [1.29, 1.82) is 0 Å². The Kier molecular flexibility index (Phi) is 4.11. The monoisotopic (exact) mass is 239 g/mol. The van der Waals surface area contributed by atoms with Crippen molar-refractivity contribution >= 4 is 0 Å². The lowest BCUT2D eigenvalue weighted by atomic mass is 10.0. The Balaban J connectivity index is 1.95. The van der Waals surface area contributed by atoms with Gasteiger partial charge in [-0.3, -0.25) is 0 Å². The van der Waals surface area contributed by atoms with Gasteiger partial charge in [-0.25, -0.2) is 8.78 Å². The molecular weight excluding hydrogens is 220 g/mol. The molecule has 0 aliphatic heterocycles. The quantitative estimate of drug-likeness (QED) is 0.803. The van der Waals surface area contributed by atoms with Crippen LogP contribution >= 0.6 is 0 Å². The Hall–Kier alpha value is -0.960. The molecule has 3 heteroatoms. The predicted molar refractivity (Wildman–Crippen MR) is 64.9 cm³/mol. The summed E-state index contributed by atoms with van der Waals surface area (Å²) >= 11 is 0. The molecule has 1 atom stereocenters. The summed E-state index contributed by atoms with van der Waals surface area (Å²) in [6.45, 7) is 2.99. The summed E-state index contributed by atoms with van der Waals surface area (Å²) < 4.78 is 26.9. The lowest BCUT2D eigenvalue weighted by Crippen LogP contribution is -2.31. The van der Waals surface area contributed by atoms with Crippen LogP contribution in [0.1, 0.15) is 31.7 Å². The average molecular weight is 239 g/mol. The third kappa shape index (κ3) is 3.25. The summed E-state index contributed by atoms with van der Waals surface area (Å²) in [5.74, 6) is -0.128.